The van der Waals surface area contributed by atoms with Crippen molar-refractivity contribution in [2.75, 3.05) is 23.3 Å². The van der Waals surface area contributed by atoms with Crippen molar-refractivity contribution in [3.05, 3.63) is 35.3 Å². The summed E-state index contributed by atoms with van der Waals surface area (Å²) in [5.41, 5.74) is 2.81. The van der Waals surface area contributed by atoms with E-state index in [-0.39, 0.29) is 6.10 Å². The Hall–Kier alpha value is -2.28. The molecule has 23 heavy (non-hydrogen) atoms. The molecule has 122 valence electrons. The highest BCUT2D eigenvalue weighted by Gasteiger charge is 2.18. The standard InChI is InChI=1S/C16H22N6O/c1-11-12(2)20-21-16(19-11)18-9-13-5-6-17-15(8-13)22-7-3-4-14(23)10-22/h5-6,8,14,23H,3-4,7,9-10H2,1-2H3,(H,18,19,21). The number of nitrogens with zero attached hydrogens (tertiary/aromatic N) is 5. The van der Waals surface area contributed by atoms with Crippen LogP contribution in [0.15, 0.2) is 18.3 Å². The Morgan fingerprint density at radius 2 is 2.17 bits per heavy atom. The van der Waals surface area contributed by atoms with Crippen LogP contribution >= 0.6 is 0 Å². The zero-order valence-corrected chi connectivity index (χ0v) is 13.5. The highest BCUT2D eigenvalue weighted by molar-refractivity contribution is 5.42. The van der Waals surface area contributed by atoms with E-state index in [4.69, 9.17) is 0 Å². The average molecular weight is 314 g/mol. The number of aryl methyl sites for hydroxylation is 2. The number of aliphatic hydroxyl groups is 1. The first-order chi connectivity index (χ1) is 11.1. The molecule has 0 spiro atoms. The maximum absolute atomic E-state index is 9.81. The van der Waals surface area contributed by atoms with Crippen molar-refractivity contribution in [1.82, 2.24) is 20.2 Å². The molecule has 0 aromatic carbocycles. The SMILES string of the molecule is Cc1nnc(NCc2ccnc(N3CCCC(O)C3)c2)nc1C. The lowest BCUT2D eigenvalue weighted by Crippen LogP contribution is -2.38. The Kier molecular flexibility index (Phi) is 4.66. The Labute approximate surface area is 135 Å². The van der Waals surface area contributed by atoms with Crippen LogP contribution in [0, 0.1) is 13.8 Å². The van der Waals surface area contributed by atoms with Crippen LogP contribution in [-0.4, -0.2) is 44.5 Å². The molecule has 1 unspecified atom stereocenters. The minimum Gasteiger partial charge on any atom is -0.391 e. The molecule has 3 heterocycles. The molecule has 1 atom stereocenters. The van der Waals surface area contributed by atoms with E-state index < -0.39 is 0 Å². The van der Waals surface area contributed by atoms with Gasteiger partial charge in [0.15, 0.2) is 0 Å². The third kappa shape index (κ3) is 3.92. The monoisotopic (exact) mass is 314 g/mol. The molecule has 0 bridgehead atoms. The molecular formula is C16H22N6O. The van der Waals surface area contributed by atoms with Crippen LogP contribution in [0.25, 0.3) is 0 Å². The third-order valence-electron chi connectivity index (χ3n) is 4.07. The molecule has 1 aliphatic heterocycles. The normalized spacial score (nSPS) is 18.0. The lowest BCUT2D eigenvalue weighted by atomic mass is 10.1. The highest BCUT2D eigenvalue weighted by atomic mass is 16.3. The number of piperidine rings is 1. The van der Waals surface area contributed by atoms with Crippen molar-refractivity contribution in [3.8, 4) is 0 Å². The molecule has 1 fully saturated rings. The number of β-amino-alcohol motifs (C(OH)–C–C–N with tert-alkyl or cyclic N) is 1. The van der Waals surface area contributed by atoms with Gasteiger partial charge in [0.1, 0.15) is 5.82 Å². The van der Waals surface area contributed by atoms with E-state index in [0.29, 0.717) is 19.0 Å². The molecule has 7 heteroatoms. The van der Waals surface area contributed by atoms with Gasteiger partial charge in [0.25, 0.3) is 0 Å². The molecule has 0 radical (unpaired) electrons. The van der Waals surface area contributed by atoms with Crippen molar-refractivity contribution >= 4 is 11.8 Å². The van der Waals surface area contributed by atoms with E-state index in [1.165, 1.54) is 0 Å². The van der Waals surface area contributed by atoms with Gasteiger partial charge in [-0.25, -0.2) is 9.97 Å². The number of anilines is 2. The van der Waals surface area contributed by atoms with Crippen LogP contribution in [-0.2, 0) is 6.54 Å². The largest absolute Gasteiger partial charge is 0.391 e. The van der Waals surface area contributed by atoms with Gasteiger partial charge < -0.3 is 15.3 Å². The molecule has 3 rings (SSSR count). The van der Waals surface area contributed by atoms with Crippen LogP contribution in [0.2, 0.25) is 0 Å². The van der Waals surface area contributed by atoms with Crippen LogP contribution < -0.4 is 10.2 Å². The van der Waals surface area contributed by atoms with Crippen LogP contribution in [0.3, 0.4) is 0 Å². The highest BCUT2D eigenvalue weighted by Crippen LogP contribution is 2.19. The summed E-state index contributed by atoms with van der Waals surface area (Å²) < 4.78 is 0. The predicted octanol–water partition coefficient (Wildman–Crippen LogP) is 1.46. The minimum atomic E-state index is -0.262. The summed E-state index contributed by atoms with van der Waals surface area (Å²) in [4.78, 5) is 10.9. The van der Waals surface area contributed by atoms with E-state index in [0.717, 1.165) is 42.2 Å². The summed E-state index contributed by atoms with van der Waals surface area (Å²) in [5, 5.41) is 21.1. The molecule has 0 aliphatic carbocycles. The smallest absolute Gasteiger partial charge is 0.243 e. The first kappa shape index (κ1) is 15.6. The summed E-state index contributed by atoms with van der Waals surface area (Å²) in [6.45, 7) is 6.00. The molecule has 1 saturated heterocycles. The summed E-state index contributed by atoms with van der Waals surface area (Å²) in [7, 11) is 0. The Balaban J connectivity index is 1.66. The van der Waals surface area contributed by atoms with Crippen molar-refractivity contribution in [3.63, 3.8) is 0 Å². The number of rotatable bonds is 4. The summed E-state index contributed by atoms with van der Waals surface area (Å²) in [6, 6.07) is 4.00. The fourth-order valence-corrected chi connectivity index (χ4v) is 2.62. The maximum atomic E-state index is 9.81. The molecule has 2 N–H and O–H groups in total. The average Bonchev–Trinajstić information content (AvgIpc) is 2.56. The van der Waals surface area contributed by atoms with Crippen molar-refractivity contribution in [2.24, 2.45) is 0 Å². The minimum absolute atomic E-state index is 0.262. The van der Waals surface area contributed by atoms with Gasteiger partial charge in [-0.15, -0.1) is 5.10 Å². The van der Waals surface area contributed by atoms with E-state index >= 15 is 0 Å². The molecule has 0 saturated carbocycles. The summed E-state index contributed by atoms with van der Waals surface area (Å²) in [5.74, 6) is 1.43. The van der Waals surface area contributed by atoms with Gasteiger partial charge in [-0.1, -0.05) is 0 Å². The second kappa shape index (κ2) is 6.87. The number of aromatic nitrogens is 4. The quantitative estimate of drug-likeness (QED) is 0.883. The second-order valence-electron chi connectivity index (χ2n) is 5.92. The Morgan fingerprint density at radius 3 is 2.96 bits per heavy atom. The Morgan fingerprint density at radius 1 is 1.30 bits per heavy atom. The molecule has 1 aliphatic rings. The van der Waals surface area contributed by atoms with E-state index in [1.807, 2.05) is 26.0 Å². The van der Waals surface area contributed by atoms with Crippen LogP contribution in [0.4, 0.5) is 11.8 Å². The zero-order valence-electron chi connectivity index (χ0n) is 13.5. The second-order valence-corrected chi connectivity index (χ2v) is 5.92. The van der Waals surface area contributed by atoms with Gasteiger partial charge in [-0.05, 0) is 44.4 Å². The molecular weight excluding hydrogens is 292 g/mol. The number of aliphatic hydroxyl groups excluding tert-OH is 1. The van der Waals surface area contributed by atoms with Gasteiger partial charge in [0.05, 0.1) is 17.5 Å². The predicted molar refractivity (Wildman–Crippen MR) is 88.3 cm³/mol. The van der Waals surface area contributed by atoms with E-state index in [1.54, 1.807) is 6.20 Å². The number of hydrogen-bond donors (Lipinski definition) is 2. The van der Waals surface area contributed by atoms with Crippen molar-refractivity contribution in [2.45, 2.75) is 39.3 Å². The van der Waals surface area contributed by atoms with Gasteiger partial charge in [-0.3, -0.25) is 0 Å². The first-order valence-corrected chi connectivity index (χ1v) is 7.91. The molecule has 2 aromatic heterocycles. The molecule has 7 nitrogen and oxygen atoms in total. The lowest BCUT2D eigenvalue weighted by Gasteiger charge is -2.31. The fourth-order valence-electron chi connectivity index (χ4n) is 2.62. The molecule has 2 aromatic rings. The molecule has 0 amide bonds. The third-order valence-corrected chi connectivity index (χ3v) is 4.07. The van der Waals surface area contributed by atoms with Crippen molar-refractivity contribution in [1.29, 1.82) is 0 Å². The zero-order chi connectivity index (χ0) is 16.2. The van der Waals surface area contributed by atoms with Crippen LogP contribution in [0.1, 0.15) is 29.8 Å². The van der Waals surface area contributed by atoms with Crippen molar-refractivity contribution < 1.29 is 5.11 Å². The lowest BCUT2D eigenvalue weighted by molar-refractivity contribution is 0.154. The Bertz CT molecular complexity index is 677. The van der Waals surface area contributed by atoms with E-state index in [2.05, 4.69) is 30.4 Å². The van der Waals surface area contributed by atoms with Gasteiger partial charge >= 0.3 is 0 Å². The van der Waals surface area contributed by atoms with Gasteiger partial charge in [0.2, 0.25) is 5.95 Å². The maximum Gasteiger partial charge on any atom is 0.243 e. The van der Waals surface area contributed by atoms with E-state index in [9.17, 15) is 5.11 Å². The topological polar surface area (TPSA) is 87.1 Å². The number of hydrogen-bond acceptors (Lipinski definition) is 7. The number of pyridine rings is 1. The van der Waals surface area contributed by atoms with Gasteiger partial charge in [0, 0.05) is 25.8 Å². The first-order valence-electron chi connectivity index (χ1n) is 7.91. The van der Waals surface area contributed by atoms with Crippen LogP contribution in [0.5, 0.6) is 0 Å². The van der Waals surface area contributed by atoms with Gasteiger partial charge in [-0.2, -0.15) is 5.10 Å². The fraction of sp³-hybridized carbons (Fsp3) is 0.500. The number of nitrogens with one attached hydrogen (secondary N) is 1. The summed E-state index contributed by atoms with van der Waals surface area (Å²) >= 11 is 0. The summed E-state index contributed by atoms with van der Waals surface area (Å²) in [6.07, 6.45) is 3.40.